The number of aliphatic hydroxyl groups excluding tert-OH is 1. The molecule has 0 aromatic carbocycles. The first-order valence-electron chi connectivity index (χ1n) is 14.3. The number of carbonyl (C=O) groups is 1. The molecule has 210 valence electrons. The quantitative estimate of drug-likeness (QED) is 0.352. The number of carbonyl (C=O) groups excluding carboxylic acids is 1. The number of hydrogen-bond acceptors (Lipinski definition) is 7. The Bertz CT molecular complexity index is 1040. The van der Waals surface area contributed by atoms with Gasteiger partial charge in [-0.15, -0.1) is 0 Å². The molecule has 0 unspecified atom stereocenters. The Morgan fingerprint density at radius 1 is 1.11 bits per heavy atom. The fraction of sp³-hybridized carbons (Fsp3) is 0.710. The second-order valence-corrected chi connectivity index (χ2v) is 12.4. The van der Waals surface area contributed by atoms with Crippen LogP contribution in [-0.2, 0) is 23.7 Å². The van der Waals surface area contributed by atoms with Gasteiger partial charge < -0.3 is 29.2 Å². The first kappa shape index (κ1) is 27.8. The summed E-state index contributed by atoms with van der Waals surface area (Å²) in [6.45, 7) is 10.5. The van der Waals surface area contributed by atoms with E-state index in [1.807, 2.05) is 12.2 Å². The number of fused-ring (bicyclic) bond motifs is 2. The van der Waals surface area contributed by atoms with Crippen molar-refractivity contribution < 1.29 is 34.0 Å². The average Bonchev–Trinajstić information content (AvgIpc) is 3.19. The van der Waals surface area contributed by atoms with Crippen LogP contribution in [0.3, 0.4) is 0 Å². The summed E-state index contributed by atoms with van der Waals surface area (Å²) in [7, 11) is 0. The SMILES string of the molecule is CC1=C[C@H]2C(=O)O[C@H]3C[C@@H](C/C=C(/C)C[C@@H](C)/C=C\C=C4CO[C@H]([C@@H]1O)[C@@]42O)O[C@@]1(CC[C@H](C)[C@@H](C)O1)C3. The van der Waals surface area contributed by atoms with Crippen molar-refractivity contribution in [1.29, 1.82) is 0 Å². The van der Waals surface area contributed by atoms with Gasteiger partial charge in [-0.2, -0.15) is 0 Å². The van der Waals surface area contributed by atoms with Crippen molar-refractivity contribution in [2.75, 3.05) is 6.61 Å². The van der Waals surface area contributed by atoms with Crippen LogP contribution < -0.4 is 0 Å². The van der Waals surface area contributed by atoms with Crippen molar-refractivity contribution in [2.24, 2.45) is 17.8 Å². The number of rotatable bonds is 0. The van der Waals surface area contributed by atoms with Gasteiger partial charge in [-0.1, -0.05) is 49.8 Å². The number of esters is 1. The van der Waals surface area contributed by atoms with Crippen molar-refractivity contribution in [3.63, 3.8) is 0 Å². The maximum Gasteiger partial charge on any atom is 0.316 e. The first-order valence-corrected chi connectivity index (χ1v) is 14.3. The van der Waals surface area contributed by atoms with Crippen molar-refractivity contribution in [3.05, 3.63) is 47.1 Å². The molecular weight excluding hydrogens is 484 g/mol. The summed E-state index contributed by atoms with van der Waals surface area (Å²) in [5.74, 6) is -1.53. The molecule has 1 aliphatic carbocycles. The Kier molecular flexibility index (Phi) is 7.79. The fourth-order valence-electron chi connectivity index (χ4n) is 6.85. The Balaban J connectivity index is 1.51. The summed E-state index contributed by atoms with van der Waals surface area (Å²) in [6.07, 6.45) is 11.8. The van der Waals surface area contributed by atoms with E-state index in [0.29, 0.717) is 35.8 Å². The summed E-state index contributed by atoms with van der Waals surface area (Å²) in [5.41, 5.74) is 0.783. The van der Waals surface area contributed by atoms with Crippen LogP contribution >= 0.6 is 0 Å². The minimum atomic E-state index is -1.68. The molecule has 4 aliphatic heterocycles. The lowest BCUT2D eigenvalue weighted by Crippen LogP contribution is -2.58. The molecule has 0 aromatic heterocycles. The Labute approximate surface area is 226 Å². The minimum absolute atomic E-state index is 0.0526. The third kappa shape index (κ3) is 5.20. The van der Waals surface area contributed by atoms with Crippen molar-refractivity contribution >= 4 is 5.97 Å². The molecule has 0 saturated carbocycles. The van der Waals surface area contributed by atoms with Gasteiger partial charge in [0.1, 0.15) is 29.8 Å². The topological polar surface area (TPSA) is 94.5 Å². The summed E-state index contributed by atoms with van der Waals surface area (Å²) in [5, 5.41) is 22.8. The molecule has 38 heavy (non-hydrogen) atoms. The maximum atomic E-state index is 13.8. The van der Waals surface area contributed by atoms with Gasteiger partial charge in [-0.3, -0.25) is 4.79 Å². The van der Waals surface area contributed by atoms with E-state index >= 15 is 0 Å². The van der Waals surface area contributed by atoms with E-state index in [-0.39, 0.29) is 18.8 Å². The average molecular weight is 529 g/mol. The van der Waals surface area contributed by atoms with Crippen LogP contribution in [0.5, 0.6) is 0 Å². The fourth-order valence-corrected chi connectivity index (χ4v) is 6.85. The molecule has 0 amide bonds. The largest absolute Gasteiger partial charge is 0.462 e. The summed E-state index contributed by atoms with van der Waals surface area (Å²) >= 11 is 0. The molecular formula is C31H44O7. The zero-order valence-electron chi connectivity index (χ0n) is 23.4. The number of aliphatic hydroxyl groups is 2. The second-order valence-electron chi connectivity index (χ2n) is 12.4. The van der Waals surface area contributed by atoms with Crippen LogP contribution in [-0.4, -0.2) is 64.7 Å². The Morgan fingerprint density at radius 3 is 2.66 bits per heavy atom. The second kappa shape index (κ2) is 10.7. The highest BCUT2D eigenvalue weighted by Crippen LogP contribution is 2.47. The predicted octanol–water partition coefficient (Wildman–Crippen LogP) is 4.53. The summed E-state index contributed by atoms with van der Waals surface area (Å²) in [6, 6.07) is 0. The van der Waals surface area contributed by atoms with Crippen LogP contribution in [0.25, 0.3) is 0 Å². The molecule has 5 aliphatic rings. The van der Waals surface area contributed by atoms with Crippen LogP contribution in [0.4, 0.5) is 0 Å². The normalized spacial score (nSPS) is 48.3. The molecule has 2 N–H and O–H groups in total. The van der Waals surface area contributed by atoms with Gasteiger partial charge in [-0.05, 0) is 63.0 Å². The minimum Gasteiger partial charge on any atom is -0.462 e. The van der Waals surface area contributed by atoms with Gasteiger partial charge in [0.2, 0.25) is 0 Å². The molecule has 10 atom stereocenters. The smallest absolute Gasteiger partial charge is 0.316 e. The number of hydrogen-bond donors (Lipinski definition) is 2. The lowest BCUT2D eigenvalue weighted by Gasteiger charge is -2.49. The number of allylic oxidation sites excluding steroid dienone is 4. The van der Waals surface area contributed by atoms with Gasteiger partial charge in [-0.25, -0.2) is 0 Å². The van der Waals surface area contributed by atoms with Crippen LogP contribution in [0.1, 0.15) is 73.1 Å². The third-order valence-corrected chi connectivity index (χ3v) is 9.30. The summed E-state index contributed by atoms with van der Waals surface area (Å²) < 4.78 is 25.2. The molecule has 3 saturated heterocycles. The van der Waals surface area contributed by atoms with E-state index in [0.717, 1.165) is 25.7 Å². The standard InChI is InChI=1S/C31H44O7/c1-18-7-6-8-23-17-35-28-27(32)21(4)14-26(31(23,28)34)29(33)36-25-15-24(10-9-19(2)13-18)38-30(16-25)12-11-20(3)22(5)37-30/h6-9,14,18,20,22,24-28,32,34H,10-13,15-17H2,1-5H3/b7-6-,19-9-,23-8?/t18-,20-,22+,24+,25-,26-,27+,28+,30-,31+/m0/s1. The van der Waals surface area contributed by atoms with E-state index in [2.05, 4.69) is 39.8 Å². The van der Waals surface area contributed by atoms with Gasteiger partial charge in [0, 0.05) is 19.3 Å². The third-order valence-electron chi connectivity index (χ3n) is 9.30. The van der Waals surface area contributed by atoms with E-state index in [1.54, 1.807) is 13.0 Å². The molecule has 7 heteroatoms. The predicted molar refractivity (Wildman–Crippen MR) is 143 cm³/mol. The zero-order chi connectivity index (χ0) is 27.2. The van der Waals surface area contributed by atoms with Crippen LogP contribution in [0, 0.1) is 17.8 Å². The lowest BCUT2D eigenvalue weighted by atomic mass is 9.71. The monoisotopic (exact) mass is 528 g/mol. The number of ether oxygens (including phenoxy) is 4. The molecule has 3 fully saturated rings. The van der Waals surface area contributed by atoms with Gasteiger partial charge >= 0.3 is 5.97 Å². The lowest BCUT2D eigenvalue weighted by molar-refractivity contribution is -0.332. The highest BCUT2D eigenvalue weighted by molar-refractivity contribution is 5.78. The van der Waals surface area contributed by atoms with E-state index in [9.17, 15) is 15.0 Å². The van der Waals surface area contributed by atoms with Crippen molar-refractivity contribution in [2.45, 2.75) is 115 Å². The van der Waals surface area contributed by atoms with Crippen LogP contribution in [0.15, 0.2) is 47.1 Å². The van der Waals surface area contributed by atoms with Crippen molar-refractivity contribution in [3.8, 4) is 0 Å². The van der Waals surface area contributed by atoms with E-state index in [1.165, 1.54) is 5.57 Å². The van der Waals surface area contributed by atoms with E-state index < -0.39 is 41.6 Å². The highest BCUT2D eigenvalue weighted by atomic mass is 16.7. The molecule has 4 heterocycles. The molecule has 7 nitrogen and oxygen atoms in total. The molecule has 0 radical (unpaired) electrons. The zero-order valence-corrected chi connectivity index (χ0v) is 23.4. The highest BCUT2D eigenvalue weighted by Gasteiger charge is 2.60. The molecule has 1 spiro atoms. The molecule has 5 rings (SSSR count). The molecule has 0 aromatic rings. The first-order chi connectivity index (χ1) is 18.0. The Morgan fingerprint density at radius 2 is 1.89 bits per heavy atom. The van der Waals surface area contributed by atoms with Gasteiger partial charge in [0.15, 0.2) is 5.79 Å². The summed E-state index contributed by atoms with van der Waals surface area (Å²) in [4.78, 5) is 13.8. The van der Waals surface area contributed by atoms with E-state index in [4.69, 9.17) is 18.9 Å². The molecule has 2 bridgehead atoms. The maximum absolute atomic E-state index is 13.8. The van der Waals surface area contributed by atoms with Crippen molar-refractivity contribution in [1.82, 2.24) is 0 Å². The van der Waals surface area contributed by atoms with Gasteiger partial charge in [0.05, 0.1) is 18.8 Å². The Hall–Kier alpha value is -1.77. The van der Waals surface area contributed by atoms with Gasteiger partial charge in [0.25, 0.3) is 0 Å². The van der Waals surface area contributed by atoms with Crippen LogP contribution in [0.2, 0.25) is 0 Å².